The van der Waals surface area contributed by atoms with Crippen molar-refractivity contribution in [3.05, 3.63) is 63.8 Å². The van der Waals surface area contributed by atoms with Crippen LogP contribution in [0.2, 0.25) is 0 Å². The molecule has 0 fully saturated rings. The Morgan fingerprint density at radius 3 is 2.16 bits per heavy atom. The van der Waals surface area contributed by atoms with Crippen LogP contribution in [-0.2, 0) is 0 Å². The number of benzene rings is 1. The number of halogens is 1. The van der Waals surface area contributed by atoms with Gasteiger partial charge in [0, 0.05) is 19.8 Å². The second kappa shape index (κ2) is 6.21. The first-order chi connectivity index (χ1) is 12.3. The summed E-state index contributed by atoms with van der Waals surface area (Å²) in [6, 6.07) is 16.8. The summed E-state index contributed by atoms with van der Waals surface area (Å²) >= 11 is 8.85. The predicted molar refractivity (Wildman–Crippen MR) is 114 cm³/mol. The highest BCUT2D eigenvalue weighted by molar-refractivity contribution is 9.10. The van der Waals surface area contributed by atoms with E-state index in [-0.39, 0.29) is 0 Å². The quantitative estimate of drug-likeness (QED) is 0.307. The van der Waals surface area contributed by atoms with E-state index in [4.69, 9.17) is 4.98 Å². The molecular formula is C19H11BrN2S3. The third-order valence-corrected chi connectivity index (χ3v) is 7.77. The molecule has 0 saturated heterocycles. The van der Waals surface area contributed by atoms with E-state index in [1.807, 2.05) is 23.5 Å². The normalized spacial score (nSPS) is 11.4. The van der Waals surface area contributed by atoms with E-state index in [1.165, 1.54) is 19.5 Å². The zero-order valence-electron chi connectivity index (χ0n) is 12.8. The fourth-order valence-electron chi connectivity index (χ4n) is 2.80. The fraction of sp³-hybridized carbons (Fsp3) is 0. The van der Waals surface area contributed by atoms with Crippen LogP contribution in [0, 0.1) is 0 Å². The monoisotopic (exact) mass is 442 g/mol. The van der Waals surface area contributed by atoms with Crippen molar-refractivity contribution in [2.75, 3.05) is 0 Å². The van der Waals surface area contributed by atoms with Crippen molar-refractivity contribution in [3.8, 4) is 30.9 Å². The average Bonchev–Trinajstić information content (AvgIpc) is 3.39. The molecule has 2 nitrogen and oxygen atoms in total. The molecule has 0 radical (unpaired) electrons. The van der Waals surface area contributed by atoms with Crippen molar-refractivity contribution in [2.24, 2.45) is 0 Å². The first-order valence-electron chi connectivity index (χ1n) is 7.66. The van der Waals surface area contributed by atoms with Gasteiger partial charge in [0.2, 0.25) is 0 Å². The van der Waals surface area contributed by atoms with Gasteiger partial charge in [-0.1, -0.05) is 40.2 Å². The molecule has 5 aromatic rings. The predicted octanol–water partition coefficient (Wildman–Crippen LogP) is 7.51. The molecule has 4 aromatic heterocycles. The van der Waals surface area contributed by atoms with E-state index in [1.54, 1.807) is 22.7 Å². The molecule has 1 aromatic carbocycles. The van der Waals surface area contributed by atoms with Gasteiger partial charge in [0.25, 0.3) is 0 Å². The molecule has 0 amide bonds. The summed E-state index contributed by atoms with van der Waals surface area (Å²) in [6.45, 7) is 0. The minimum atomic E-state index is 0.918. The topological polar surface area (TPSA) is 28.7 Å². The smallest absolute Gasteiger partial charge is 0.138 e. The molecule has 0 atom stereocenters. The molecule has 0 unspecified atom stereocenters. The number of aromatic amines is 1. The maximum absolute atomic E-state index is 4.95. The first-order valence-corrected chi connectivity index (χ1v) is 11.0. The SMILES string of the molecule is Brc1ccc(-c2nc3c(-c4cccs4)sc(-c4cccs4)c3[nH]2)cc1. The van der Waals surface area contributed by atoms with Gasteiger partial charge >= 0.3 is 0 Å². The zero-order chi connectivity index (χ0) is 16.8. The number of rotatable bonds is 3. The van der Waals surface area contributed by atoms with Crippen LogP contribution in [-0.4, -0.2) is 9.97 Å². The lowest BCUT2D eigenvalue weighted by Crippen LogP contribution is -1.80. The number of thiophene rings is 3. The lowest BCUT2D eigenvalue weighted by molar-refractivity contribution is 1.33. The lowest BCUT2D eigenvalue weighted by Gasteiger charge is -1.97. The molecule has 0 aliphatic heterocycles. The summed E-state index contributed by atoms with van der Waals surface area (Å²) in [5.41, 5.74) is 3.29. The summed E-state index contributed by atoms with van der Waals surface area (Å²) < 4.78 is 1.07. The molecular weight excluding hydrogens is 432 g/mol. The Balaban J connectivity index is 1.76. The minimum absolute atomic E-state index is 0.918. The molecule has 0 aliphatic carbocycles. The summed E-state index contributed by atoms with van der Waals surface area (Å²) in [4.78, 5) is 13.6. The van der Waals surface area contributed by atoms with Gasteiger partial charge in [0.15, 0.2) is 0 Å². The Hall–Kier alpha value is -1.73. The Kier molecular flexibility index (Phi) is 3.86. The molecule has 0 aliphatic rings. The Bertz CT molecular complexity index is 1070. The minimum Gasteiger partial charge on any atom is -0.337 e. The van der Waals surface area contributed by atoms with Crippen molar-refractivity contribution >= 4 is 61.0 Å². The van der Waals surface area contributed by atoms with Gasteiger partial charge in [0.1, 0.15) is 11.3 Å². The summed E-state index contributed by atoms with van der Waals surface area (Å²) in [5.74, 6) is 0.918. The second-order valence-corrected chi connectivity index (χ2v) is 9.36. The molecule has 5 rings (SSSR count). The van der Waals surface area contributed by atoms with Crippen LogP contribution in [0.1, 0.15) is 0 Å². The molecule has 1 N–H and O–H groups in total. The number of imidazole rings is 1. The number of nitrogens with one attached hydrogen (secondary N) is 1. The summed E-state index contributed by atoms with van der Waals surface area (Å²) in [6.07, 6.45) is 0. The number of hydrogen-bond acceptors (Lipinski definition) is 4. The van der Waals surface area contributed by atoms with E-state index in [0.717, 1.165) is 26.9 Å². The van der Waals surface area contributed by atoms with Gasteiger partial charge in [-0.2, -0.15) is 0 Å². The van der Waals surface area contributed by atoms with E-state index >= 15 is 0 Å². The largest absolute Gasteiger partial charge is 0.337 e. The molecule has 4 heterocycles. The van der Waals surface area contributed by atoms with Crippen molar-refractivity contribution < 1.29 is 0 Å². The molecule has 0 bridgehead atoms. The van der Waals surface area contributed by atoms with Crippen LogP contribution in [0.5, 0.6) is 0 Å². The van der Waals surface area contributed by atoms with E-state index < -0.39 is 0 Å². The van der Waals surface area contributed by atoms with Crippen LogP contribution in [0.25, 0.3) is 41.9 Å². The molecule has 25 heavy (non-hydrogen) atoms. The number of H-pyrrole nitrogens is 1. The van der Waals surface area contributed by atoms with Gasteiger partial charge < -0.3 is 4.98 Å². The van der Waals surface area contributed by atoms with E-state index in [9.17, 15) is 0 Å². The van der Waals surface area contributed by atoms with Crippen molar-refractivity contribution in [3.63, 3.8) is 0 Å². The standard InChI is InChI=1S/C19H11BrN2S3/c20-12-7-5-11(6-8-12)19-21-15-16(22-19)18(14-4-2-10-24-14)25-17(15)13-3-1-9-23-13/h1-10H,(H,21,22). The fourth-order valence-corrected chi connectivity index (χ4v) is 5.98. The van der Waals surface area contributed by atoms with Crippen LogP contribution >= 0.6 is 49.9 Å². The molecule has 6 heteroatoms. The maximum atomic E-state index is 4.95. The third kappa shape index (κ3) is 2.69. The van der Waals surface area contributed by atoms with Crippen molar-refractivity contribution in [1.82, 2.24) is 9.97 Å². The van der Waals surface area contributed by atoms with Gasteiger partial charge in [0.05, 0.1) is 15.3 Å². The van der Waals surface area contributed by atoms with Crippen LogP contribution in [0.15, 0.2) is 63.8 Å². The van der Waals surface area contributed by atoms with Crippen molar-refractivity contribution in [2.45, 2.75) is 0 Å². The molecule has 0 saturated carbocycles. The number of fused-ring (bicyclic) bond motifs is 1. The lowest BCUT2D eigenvalue weighted by atomic mass is 10.2. The number of aromatic nitrogens is 2. The third-order valence-electron chi connectivity index (χ3n) is 3.96. The van der Waals surface area contributed by atoms with Gasteiger partial charge in [-0.15, -0.1) is 34.0 Å². The zero-order valence-corrected chi connectivity index (χ0v) is 16.9. The first kappa shape index (κ1) is 15.5. The Morgan fingerprint density at radius 1 is 0.840 bits per heavy atom. The number of nitrogens with zero attached hydrogens (tertiary/aromatic N) is 1. The second-order valence-electron chi connectivity index (χ2n) is 5.53. The molecule has 0 spiro atoms. The van der Waals surface area contributed by atoms with Gasteiger partial charge in [-0.3, -0.25) is 0 Å². The highest BCUT2D eigenvalue weighted by atomic mass is 79.9. The highest BCUT2D eigenvalue weighted by Crippen LogP contribution is 2.46. The van der Waals surface area contributed by atoms with Gasteiger partial charge in [-0.25, -0.2) is 4.98 Å². The summed E-state index contributed by atoms with van der Waals surface area (Å²) in [7, 11) is 0. The Labute approximate surface area is 165 Å². The average molecular weight is 443 g/mol. The summed E-state index contributed by atoms with van der Waals surface area (Å²) in [5, 5.41) is 4.24. The van der Waals surface area contributed by atoms with Crippen molar-refractivity contribution in [1.29, 1.82) is 0 Å². The highest BCUT2D eigenvalue weighted by Gasteiger charge is 2.20. The molecule has 122 valence electrons. The van der Waals surface area contributed by atoms with E-state index in [0.29, 0.717) is 0 Å². The van der Waals surface area contributed by atoms with Crippen LogP contribution < -0.4 is 0 Å². The maximum Gasteiger partial charge on any atom is 0.138 e. The number of hydrogen-bond donors (Lipinski definition) is 1. The van der Waals surface area contributed by atoms with E-state index in [2.05, 4.69) is 68.1 Å². The van der Waals surface area contributed by atoms with Crippen LogP contribution in [0.4, 0.5) is 0 Å². The Morgan fingerprint density at radius 2 is 1.52 bits per heavy atom. The van der Waals surface area contributed by atoms with Gasteiger partial charge in [-0.05, 0) is 35.0 Å². The van der Waals surface area contributed by atoms with Crippen LogP contribution in [0.3, 0.4) is 0 Å².